The van der Waals surface area contributed by atoms with E-state index in [1.54, 1.807) is 12.1 Å². The van der Waals surface area contributed by atoms with Gasteiger partial charge in [0, 0.05) is 17.5 Å². The Morgan fingerprint density at radius 3 is 2.50 bits per heavy atom. The van der Waals surface area contributed by atoms with Crippen molar-refractivity contribution >= 4 is 0 Å². The molecule has 1 heterocycles. The Morgan fingerprint density at radius 1 is 1.28 bits per heavy atom. The van der Waals surface area contributed by atoms with E-state index in [-0.39, 0.29) is 5.82 Å². The van der Waals surface area contributed by atoms with E-state index in [1.165, 1.54) is 17.2 Å². The monoisotopic (exact) mass is 242 g/mol. The Morgan fingerprint density at radius 2 is 2.00 bits per heavy atom. The molecule has 0 saturated heterocycles. The average molecular weight is 242 g/mol. The third kappa shape index (κ3) is 2.14. The van der Waals surface area contributed by atoms with E-state index in [1.807, 2.05) is 30.7 Å². The Bertz CT molecular complexity index is 633. The summed E-state index contributed by atoms with van der Waals surface area (Å²) in [5.74, 6) is -0.322. The number of aromatic nitrogens is 1. The van der Waals surface area contributed by atoms with Gasteiger partial charge in [-0.2, -0.15) is 5.26 Å². The first-order valence-electron chi connectivity index (χ1n) is 5.84. The Labute approximate surface area is 106 Å². The molecule has 0 fully saturated rings. The molecule has 0 aliphatic rings. The van der Waals surface area contributed by atoms with E-state index in [0.717, 1.165) is 5.69 Å². The Balaban J connectivity index is 2.35. The number of nitrogens with zero attached hydrogens (tertiary/aromatic N) is 2. The van der Waals surface area contributed by atoms with Gasteiger partial charge in [0.25, 0.3) is 0 Å². The van der Waals surface area contributed by atoms with Crippen LogP contribution in [0.2, 0.25) is 0 Å². The highest BCUT2D eigenvalue weighted by atomic mass is 19.1. The highest BCUT2D eigenvalue weighted by molar-refractivity contribution is 5.34. The topological polar surface area (TPSA) is 28.7 Å². The fraction of sp³-hybridized carbons (Fsp3) is 0.267. The van der Waals surface area contributed by atoms with Crippen molar-refractivity contribution in [3.8, 4) is 6.07 Å². The van der Waals surface area contributed by atoms with Gasteiger partial charge in [0.15, 0.2) is 0 Å². The molecule has 2 rings (SSSR count). The number of rotatable bonds is 2. The molecular formula is C15H15FN2. The molecular weight excluding hydrogens is 227 g/mol. The molecule has 2 aromatic rings. The zero-order chi connectivity index (χ0) is 13.3. The molecule has 0 aliphatic heterocycles. The quantitative estimate of drug-likeness (QED) is 0.792. The van der Waals surface area contributed by atoms with Gasteiger partial charge in [0.05, 0.1) is 18.2 Å². The second-order valence-corrected chi connectivity index (χ2v) is 4.57. The summed E-state index contributed by atoms with van der Waals surface area (Å²) >= 11 is 0. The molecule has 92 valence electrons. The predicted octanol–water partition coefficient (Wildman–Crippen LogP) is 3.47. The lowest BCUT2D eigenvalue weighted by atomic mass is 10.1. The predicted molar refractivity (Wildman–Crippen MR) is 68.9 cm³/mol. The number of aryl methyl sites for hydroxylation is 1. The first kappa shape index (κ1) is 12.4. The van der Waals surface area contributed by atoms with Gasteiger partial charge in [-0.05, 0) is 44.0 Å². The van der Waals surface area contributed by atoms with Crippen LogP contribution in [0.3, 0.4) is 0 Å². The highest BCUT2D eigenvalue weighted by Crippen LogP contribution is 2.18. The standard InChI is InChI=1S/C15H15FN2/c1-10-8-18(12(3)11(10)2)9-14-5-4-13(7-17)6-15(14)16/h4-6,8H,9H2,1-3H3. The minimum Gasteiger partial charge on any atom is -0.347 e. The minimum atomic E-state index is -0.322. The van der Waals surface area contributed by atoms with Gasteiger partial charge in [-0.1, -0.05) is 6.07 Å². The number of halogens is 1. The van der Waals surface area contributed by atoms with Crippen molar-refractivity contribution in [3.05, 3.63) is 58.2 Å². The van der Waals surface area contributed by atoms with E-state index in [2.05, 4.69) is 6.92 Å². The van der Waals surface area contributed by atoms with Crippen LogP contribution in [0.15, 0.2) is 24.4 Å². The zero-order valence-electron chi connectivity index (χ0n) is 10.8. The fourth-order valence-electron chi connectivity index (χ4n) is 2.02. The summed E-state index contributed by atoms with van der Waals surface area (Å²) in [6, 6.07) is 6.55. The van der Waals surface area contributed by atoms with Crippen molar-refractivity contribution in [1.82, 2.24) is 4.57 Å². The maximum Gasteiger partial charge on any atom is 0.129 e. The largest absolute Gasteiger partial charge is 0.347 e. The average Bonchev–Trinajstić information content (AvgIpc) is 2.59. The lowest BCUT2D eigenvalue weighted by molar-refractivity contribution is 0.597. The molecule has 0 saturated carbocycles. The summed E-state index contributed by atoms with van der Waals surface area (Å²) in [6.45, 7) is 6.65. The molecule has 18 heavy (non-hydrogen) atoms. The maximum absolute atomic E-state index is 13.8. The summed E-state index contributed by atoms with van der Waals surface area (Å²) in [5.41, 5.74) is 4.56. The van der Waals surface area contributed by atoms with Gasteiger partial charge in [-0.15, -0.1) is 0 Å². The Kier molecular flexibility index (Phi) is 3.20. The SMILES string of the molecule is Cc1cn(Cc2ccc(C#N)cc2F)c(C)c1C. The molecule has 0 amide bonds. The maximum atomic E-state index is 13.8. The molecule has 0 aliphatic carbocycles. The van der Waals surface area contributed by atoms with Crippen LogP contribution < -0.4 is 0 Å². The summed E-state index contributed by atoms with van der Waals surface area (Å²) in [6.07, 6.45) is 2.03. The van der Waals surface area contributed by atoms with Crippen molar-refractivity contribution in [1.29, 1.82) is 5.26 Å². The zero-order valence-corrected chi connectivity index (χ0v) is 10.8. The van der Waals surface area contributed by atoms with E-state index >= 15 is 0 Å². The molecule has 0 N–H and O–H groups in total. The minimum absolute atomic E-state index is 0.322. The Hall–Kier alpha value is -2.08. The van der Waals surface area contributed by atoms with Crippen LogP contribution in [-0.2, 0) is 6.54 Å². The van der Waals surface area contributed by atoms with Crippen molar-refractivity contribution in [2.75, 3.05) is 0 Å². The van der Waals surface area contributed by atoms with E-state index < -0.39 is 0 Å². The molecule has 1 aromatic heterocycles. The molecule has 1 aromatic carbocycles. The van der Waals surface area contributed by atoms with Crippen LogP contribution >= 0.6 is 0 Å². The summed E-state index contributed by atoms with van der Waals surface area (Å²) in [7, 11) is 0. The van der Waals surface area contributed by atoms with Gasteiger partial charge in [0.1, 0.15) is 5.82 Å². The van der Waals surface area contributed by atoms with Gasteiger partial charge in [-0.3, -0.25) is 0 Å². The van der Waals surface area contributed by atoms with Crippen molar-refractivity contribution in [2.24, 2.45) is 0 Å². The number of hydrogen-bond donors (Lipinski definition) is 0. The van der Waals surface area contributed by atoms with Gasteiger partial charge < -0.3 is 4.57 Å². The van der Waals surface area contributed by atoms with Crippen molar-refractivity contribution in [2.45, 2.75) is 27.3 Å². The highest BCUT2D eigenvalue weighted by Gasteiger charge is 2.09. The van der Waals surface area contributed by atoms with Crippen LogP contribution in [-0.4, -0.2) is 4.57 Å². The second kappa shape index (κ2) is 4.66. The van der Waals surface area contributed by atoms with Crippen LogP contribution in [0.25, 0.3) is 0 Å². The number of hydrogen-bond acceptors (Lipinski definition) is 1. The van der Waals surface area contributed by atoms with E-state index in [0.29, 0.717) is 17.7 Å². The fourth-order valence-corrected chi connectivity index (χ4v) is 2.02. The first-order chi connectivity index (χ1) is 8.52. The molecule has 2 nitrogen and oxygen atoms in total. The first-order valence-corrected chi connectivity index (χ1v) is 5.84. The molecule has 0 unspecified atom stereocenters. The van der Waals surface area contributed by atoms with Gasteiger partial charge >= 0.3 is 0 Å². The smallest absolute Gasteiger partial charge is 0.129 e. The summed E-state index contributed by atoms with van der Waals surface area (Å²) in [4.78, 5) is 0. The molecule has 0 atom stereocenters. The molecule has 0 radical (unpaired) electrons. The van der Waals surface area contributed by atoms with E-state index in [9.17, 15) is 4.39 Å². The molecule has 0 spiro atoms. The molecule has 0 bridgehead atoms. The number of benzene rings is 1. The summed E-state index contributed by atoms with van der Waals surface area (Å²) < 4.78 is 15.8. The van der Waals surface area contributed by atoms with Crippen LogP contribution in [0.5, 0.6) is 0 Å². The van der Waals surface area contributed by atoms with Crippen LogP contribution in [0.1, 0.15) is 27.9 Å². The molecule has 3 heteroatoms. The summed E-state index contributed by atoms with van der Waals surface area (Å²) in [5, 5.41) is 8.70. The van der Waals surface area contributed by atoms with Gasteiger partial charge in [0.2, 0.25) is 0 Å². The lowest BCUT2D eigenvalue weighted by Crippen LogP contribution is -2.03. The third-order valence-corrected chi connectivity index (χ3v) is 3.44. The normalized spacial score (nSPS) is 10.4. The lowest BCUT2D eigenvalue weighted by Gasteiger charge is -2.08. The second-order valence-electron chi connectivity index (χ2n) is 4.57. The third-order valence-electron chi connectivity index (χ3n) is 3.44. The van der Waals surface area contributed by atoms with Crippen molar-refractivity contribution < 1.29 is 4.39 Å². The van der Waals surface area contributed by atoms with Gasteiger partial charge in [-0.25, -0.2) is 4.39 Å². The van der Waals surface area contributed by atoms with Crippen LogP contribution in [0.4, 0.5) is 4.39 Å². The number of nitriles is 1. The van der Waals surface area contributed by atoms with E-state index in [4.69, 9.17) is 5.26 Å². The van der Waals surface area contributed by atoms with Crippen molar-refractivity contribution in [3.63, 3.8) is 0 Å². The van der Waals surface area contributed by atoms with Crippen LogP contribution in [0, 0.1) is 37.9 Å².